The van der Waals surface area contributed by atoms with Crippen molar-refractivity contribution < 1.29 is 9.59 Å². The summed E-state index contributed by atoms with van der Waals surface area (Å²) < 4.78 is 0.894. The molecule has 1 aromatic carbocycles. The second kappa shape index (κ2) is 5.71. The maximum absolute atomic E-state index is 11.8. The van der Waals surface area contributed by atoms with Crippen molar-refractivity contribution in [1.82, 2.24) is 10.6 Å². The van der Waals surface area contributed by atoms with Gasteiger partial charge in [0.05, 0.1) is 0 Å². The molecule has 1 aliphatic rings. The van der Waals surface area contributed by atoms with Crippen molar-refractivity contribution in [1.29, 1.82) is 0 Å². The highest BCUT2D eigenvalue weighted by Crippen LogP contribution is 2.21. The van der Waals surface area contributed by atoms with Crippen molar-refractivity contribution in [3.8, 4) is 0 Å². The fourth-order valence-corrected chi connectivity index (χ4v) is 2.52. The molecule has 1 unspecified atom stereocenters. The van der Waals surface area contributed by atoms with Crippen LogP contribution in [0.4, 0.5) is 0 Å². The van der Waals surface area contributed by atoms with Crippen molar-refractivity contribution >= 4 is 39.3 Å². The van der Waals surface area contributed by atoms with E-state index >= 15 is 0 Å². The third-order valence-electron chi connectivity index (χ3n) is 2.78. The van der Waals surface area contributed by atoms with Crippen LogP contribution in [0.15, 0.2) is 22.7 Å². The minimum absolute atomic E-state index is 0.0724. The standard InChI is InChI=1S/C12H12BrClN2O2/c13-8-2-1-7(9(14)5-8)6-15-12(18)10-3-4-11(17)16-10/h1-2,5,10H,3-4,6H2,(H,15,18)(H,16,17). The molecule has 1 aromatic rings. The quantitative estimate of drug-likeness (QED) is 0.890. The summed E-state index contributed by atoms with van der Waals surface area (Å²) in [6.07, 6.45) is 0.968. The maximum atomic E-state index is 11.8. The van der Waals surface area contributed by atoms with Crippen LogP contribution in [-0.2, 0) is 16.1 Å². The summed E-state index contributed by atoms with van der Waals surface area (Å²) in [4.78, 5) is 22.8. The first-order valence-corrected chi connectivity index (χ1v) is 6.74. The number of nitrogens with one attached hydrogen (secondary N) is 2. The summed E-state index contributed by atoms with van der Waals surface area (Å²) >= 11 is 9.36. The van der Waals surface area contributed by atoms with Gasteiger partial charge < -0.3 is 10.6 Å². The summed E-state index contributed by atoms with van der Waals surface area (Å²) in [5, 5.41) is 5.99. The van der Waals surface area contributed by atoms with Gasteiger partial charge in [-0.2, -0.15) is 0 Å². The molecule has 1 atom stereocenters. The lowest BCUT2D eigenvalue weighted by Crippen LogP contribution is -2.41. The zero-order valence-corrected chi connectivity index (χ0v) is 11.8. The number of rotatable bonds is 3. The van der Waals surface area contributed by atoms with Crippen LogP contribution in [0.2, 0.25) is 5.02 Å². The Morgan fingerprint density at radius 3 is 2.94 bits per heavy atom. The van der Waals surface area contributed by atoms with Crippen LogP contribution >= 0.6 is 27.5 Å². The van der Waals surface area contributed by atoms with Crippen LogP contribution in [-0.4, -0.2) is 17.9 Å². The highest BCUT2D eigenvalue weighted by molar-refractivity contribution is 9.10. The fourth-order valence-electron chi connectivity index (χ4n) is 1.78. The summed E-state index contributed by atoms with van der Waals surface area (Å²) in [7, 11) is 0. The molecule has 96 valence electrons. The molecular weight excluding hydrogens is 320 g/mol. The number of benzene rings is 1. The monoisotopic (exact) mass is 330 g/mol. The van der Waals surface area contributed by atoms with E-state index < -0.39 is 6.04 Å². The number of amides is 2. The van der Waals surface area contributed by atoms with Crippen molar-refractivity contribution in [2.24, 2.45) is 0 Å². The molecule has 1 aliphatic heterocycles. The molecule has 2 rings (SSSR count). The van der Waals surface area contributed by atoms with Crippen molar-refractivity contribution in [2.45, 2.75) is 25.4 Å². The van der Waals surface area contributed by atoms with Gasteiger partial charge in [-0.3, -0.25) is 9.59 Å². The largest absolute Gasteiger partial charge is 0.350 e. The first kappa shape index (κ1) is 13.4. The molecule has 2 N–H and O–H groups in total. The van der Waals surface area contributed by atoms with Crippen molar-refractivity contribution in [3.63, 3.8) is 0 Å². The highest BCUT2D eigenvalue weighted by atomic mass is 79.9. The van der Waals surface area contributed by atoms with E-state index in [0.29, 0.717) is 24.4 Å². The smallest absolute Gasteiger partial charge is 0.242 e. The van der Waals surface area contributed by atoms with Crippen molar-refractivity contribution in [3.05, 3.63) is 33.3 Å². The maximum Gasteiger partial charge on any atom is 0.242 e. The molecule has 0 radical (unpaired) electrons. The number of halogens is 2. The normalized spacial score (nSPS) is 18.6. The average molecular weight is 332 g/mol. The lowest BCUT2D eigenvalue weighted by molar-refractivity contribution is -0.125. The van der Waals surface area contributed by atoms with Gasteiger partial charge in [0.2, 0.25) is 11.8 Å². The molecule has 6 heteroatoms. The van der Waals surface area contributed by atoms with Crippen molar-refractivity contribution in [2.75, 3.05) is 0 Å². The Morgan fingerprint density at radius 1 is 1.56 bits per heavy atom. The van der Waals surface area contributed by atoms with E-state index in [1.807, 2.05) is 12.1 Å². The summed E-state index contributed by atoms with van der Waals surface area (Å²) in [5.74, 6) is -0.239. The predicted octanol–water partition coefficient (Wildman–Crippen LogP) is 2.00. The van der Waals surface area contributed by atoms with Gasteiger partial charge in [0.25, 0.3) is 0 Å². The van der Waals surface area contributed by atoms with Crippen LogP contribution in [0.1, 0.15) is 18.4 Å². The molecule has 1 saturated heterocycles. The van der Waals surface area contributed by atoms with E-state index in [2.05, 4.69) is 26.6 Å². The van der Waals surface area contributed by atoms with Crippen LogP contribution in [0.3, 0.4) is 0 Å². The van der Waals surface area contributed by atoms with Crippen LogP contribution in [0.25, 0.3) is 0 Å². The molecule has 0 spiro atoms. The number of carbonyl (C=O) groups excluding carboxylic acids is 2. The number of hydrogen-bond donors (Lipinski definition) is 2. The lowest BCUT2D eigenvalue weighted by Gasteiger charge is -2.11. The molecule has 2 amide bonds. The van der Waals surface area contributed by atoms with E-state index in [1.54, 1.807) is 6.07 Å². The van der Waals surface area contributed by atoms with E-state index in [1.165, 1.54) is 0 Å². The Hall–Kier alpha value is -1.07. The van der Waals surface area contributed by atoms with Gasteiger partial charge in [-0.1, -0.05) is 33.6 Å². The number of hydrogen-bond acceptors (Lipinski definition) is 2. The van der Waals surface area contributed by atoms with E-state index in [0.717, 1.165) is 10.0 Å². The predicted molar refractivity (Wildman–Crippen MR) is 72.2 cm³/mol. The average Bonchev–Trinajstić information content (AvgIpc) is 2.74. The summed E-state index contributed by atoms with van der Waals surface area (Å²) in [6.45, 7) is 0.358. The van der Waals surface area contributed by atoms with Crippen LogP contribution in [0.5, 0.6) is 0 Å². The van der Waals surface area contributed by atoms with Gasteiger partial charge >= 0.3 is 0 Å². The Balaban J connectivity index is 1.91. The second-order valence-electron chi connectivity index (χ2n) is 4.11. The molecule has 0 saturated carbocycles. The Bertz CT molecular complexity index is 493. The summed E-state index contributed by atoms with van der Waals surface area (Å²) in [6, 6.07) is 5.08. The van der Waals surface area contributed by atoms with Crippen LogP contribution < -0.4 is 10.6 Å². The summed E-state index contributed by atoms with van der Waals surface area (Å²) in [5.41, 5.74) is 0.845. The van der Waals surface area contributed by atoms with Gasteiger partial charge in [-0.25, -0.2) is 0 Å². The first-order valence-electron chi connectivity index (χ1n) is 5.57. The molecule has 0 aromatic heterocycles. The molecule has 0 bridgehead atoms. The Kier molecular flexibility index (Phi) is 4.24. The fraction of sp³-hybridized carbons (Fsp3) is 0.333. The third-order valence-corrected chi connectivity index (χ3v) is 3.63. The highest BCUT2D eigenvalue weighted by Gasteiger charge is 2.26. The Morgan fingerprint density at radius 2 is 2.33 bits per heavy atom. The van der Waals surface area contributed by atoms with Gasteiger partial charge in [0.1, 0.15) is 6.04 Å². The molecule has 4 nitrogen and oxygen atoms in total. The molecular formula is C12H12BrClN2O2. The zero-order valence-electron chi connectivity index (χ0n) is 9.50. The zero-order chi connectivity index (χ0) is 13.1. The first-order chi connectivity index (χ1) is 8.56. The lowest BCUT2D eigenvalue weighted by atomic mass is 10.2. The van der Waals surface area contributed by atoms with Gasteiger partial charge in [-0.05, 0) is 24.1 Å². The van der Waals surface area contributed by atoms with Crippen LogP contribution in [0, 0.1) is 0 Å². The molecule has 1 heterocycles. The van der Waals surface area contributed by atoms with E-state index in [4.69, 9.17) is 11.6 Å². The van der Waals surface area contributed by atoms with E-state index in [9.17, 15) is 9.59 Å². The topological polar surface area (TPSA) is 58.2 Å². The SMILES string of the molecule is O=C1CCC(C(=O)NCc2ccc(Br)cc2Cl)N1. The second-order valence-corrected chi connectivity index (χ2v) is 5.44. The minimum atomic E-state index is -0.410. The van der Waals surface area contributed by atoms with Gasteiger partial charge in [0.15, 0.2) is 0 Å². The molecule has 1 fully saturated rings. The molecule has 0 aliphatic carbocycles. The number of carbonyl (C=O) groups is 2. The minimum Gasteiger partial charge on any atom is -0.350 e. The Labute approximate surface area is 118 Å². The third kappa shape index (κ3) is 3.23. The molecule has 18 heavy (non-hydrogen) atoms. The van der Waals surface area contributed by atoms with Gasteiger partial charge in [-0.15, -0.1) is 0 Å². The van der Waals surface area contributed by atoms with Gasteiger partial charge in [0, 0.05) is 22.5 Å². The van der Waals surface area contributed by atoms with E-state index in [-0.39, 0.29) is 11.8 Å².